The van der Waals surface area contributed by atoms with Gasteiger partial charge in [0.2, 0.25) is 0 Å². The first-order chi connectivity index (χ1) is 11.1. The van der Waals surface area contributed by atoms with Crippen LogP contribution in [0.4, 0.5) is 0 Å². The van der Waals surface area contributed by atoms with Crippen LogP contribution in [-0.4, -0.2) is 22.4 Å². The van der Waals surface area contributed by atoms with E-state index in [1.807, 2.05) is 35.3 Å². The molecule has 1 unspecified atom stereocenters. The third-order valence-electron chi connectivity index (χ3n) is 3.86. The minimum Gasteiger partial charge on any atom is -0.461 e. The molecule has 0 bridgehead atoms. The third-order valence-corrected chi connectivity index (χ3v) is 4.64. The molecule has 1 fully saturated rings. The van der Waals surface area contributed by atoms with Crippen LogP contribution in [-0.2, 0) is 20.9 Å². The van der Waals surface area contributed by atoms with Gasteiger partial charge >= 0.3 is 5.97 Å². The average molecular weight is 379 g/mol. The van der Waals surface area contributed by atoms with Crippen molar-refractivity contribution in [3.8, 4) is 11.1 Å². The van der Waals surface area contributed by atoms with Gasteiger partial charge in [0.25, 0.3) is 0 Å². The second-order valence-electron chi connectivity index (χ2n) is 5.62. The maximum atomic E-state index is 11.0. The Balaban J connectivity index is 1.79. The number of hydrogen-bond acceptors (Lipinski definition) is 4. The zero-order valence-electron chi connectivity index (χ0n) is 13.0. The Bertz CT molecular complexity index is 693. The van der Waals surface area contributed by atoms with E-state index in [4.69, 9.17) is 9.47 Å². The molecule has 1 aliphatic rings. The topological polar surface area (TPSA) is 53.3 Å². The van der Waals surface area contributed by atoms with E-state index in [0.29, 0.717) is 0 Å². The lowest BCUT2D eigenvalue weighted by atomic mass is 10.1. The van der Waals surface area contributed by atoms with Gasteiger partial charge in [-0.1, -0.05) is 22.0 Å². The van der Waals surface area contributed by atoms with E-state index in [1.165, 1.54) is 13.3 Å². The fraction of sp³-hybridized carbons (Fsp3) is 0.412. The predicted molar refractivity (Wildman–Crippen MR) is 89.7 cm³/mol. The average Bonchev–Trinajstić information content (AvgIpc) is 3.05. The van der Waals surface area contributed by atoms with Crippen LogP contribution >= 0.6 is 15.9 Å². The number of carbonyl (C=O) groups excluding carboxylic acids is 1. The first-order valence-corrected chi connectivity index (χ1v) is 8.51. The molecule has 1 atom stereocenters. The number of carbonyl (C=O) groups is 1. The molecule has 0 N–H and O–H groups in total. The molecule has 1 aromatic carbocycles. The fourth-order valence-corrected chi connectivity index (χ4v) is 2.98. The molecule has 1 aliphatic heterocycles. The maximum absolute atomic E-state index is 11.0. The van der Waals surface area contributed by atoms with E-state index < -0.39 is 0 Å². The predicted octanol–water partition coefficient (Wildman–Crippen LogP) is 4.07. The molecule has 0 saturated carbocycles. The summed E-state index contributed by atoms with van der Waals surface area (Å²) >= 11 is 3.49. The van der Waals surface area contributed by atoms with E-state index in [2.05, 4.69) is 21.0 Å². The number of hydrogen-bond donors (Lipinski definition) is 0. The summed E-state index contributed by atoms with van der Waals surface area (Å²) < 4.78 is 13.7. The van der Waals surface area contributed by atoms with Gasteiger partial charge < -0.3 is 9.47 Å². The molecule has 0 radical (unpaired) electrons. The number of rotatable bonds is 4. The van der Waals surface area contributed by atoms with Crippen LogP contribution in [0.15, 0.2) is 35.1 Å². The monoisotopic (exact) mass is 378 g/mol. The molecular formula is C17H19BrN2O3. The molecular weight excluding hydrogens is 360 g/mol. The first kappa shape index (κ1) is 16.2. The van der Waals surface area contributed by atoms with Crippen molar-refractivity contribution in [3.05, 3.63) is 40.6 Å². The molecule has 2 heterocycles. The summed E-state index contributed by atoms with van der Waals surface area (Å²) in [5.41, 5.74) is 2.99. The number of esters is 1. The zero-order chi connectivity index (χ0) is 16.2. The highest BCUT2D eigenvalue weighted by atomic mass is 79.9. The van der Waals surface area contributed by atoms with Crippen LogP contribution in [0.2, 0.25) is 0 Å². The number of aromatic nitrogens is 2. The molecule has 122 valence electrons. The fourth-order valence-electron chi connectivity index (χ4n) is 2.62. The van der Waals surface area contributed by atoms with Crippen molar-refractivity contribution in [2.24, 2.45) is 0 Å². The molecule has 23 heavy (non-hydrogen) atoms. The Kier molecular flexibility index (Phi) is 5.13. The summed E-state index contributed by atoms with van der Waals surface area (Å²) in [6.07, 6.45) is 7.18. The number of ether oxygens (including phenoxy) is 2. The van der Waals surface area contributed by atoms with Gasteiger partial charge in [0.15, 0.2) is 0 Å². The minimum atomic E-state index is -0.287. The van der Waals surface area contributed by atoms with Crippen molar-refractivity contribution < 1.29 is 14.3 Å². The van der Waals surface area contributed by atoms with Gasteiger partial charge in [0.1, 0.15) is 12.8 Å². The lowest BCUT2D eigenvalue weighted by molar-refractivity contribution is -0.142. The maximum Gasteiger partial charge on any atom is 0.302 e. The SMILES string of the molecule is CC(=O)OCc1cc(-c2cnn(C3CCCCO3)c2)ccc1Br. The van der Waals surface area contributed by atoms with Crippen LogP contribution in [0.25, 0.3) is 11.1 Å². The smallest absolute Gasteiger partial charge is 0.302 e. The van der Waals surface area contributed by atoms with E-state index in [0.717, 1.165) is 40.6 Å². The third kappa shape index (κ3) is 4.00. The Hall–Kier alpha value is -1.66. The molecule has 0 spiro atoms. The van der Waals surface area contributed by atoms with Gasteiger partial charge in [0, 0.05) is 35.3 Å². The standard InChI is InChI=1S/C17H19BrN2O3/c1-12(21)23-11-14-8-13(5-6-16(14)18)15-9-19-20(10-15)17-4-2-3-7-22-17/h5-6,8-10,17H,2-4,7,11H2,1H3. The Morgan fingerprint density at radius 1 is 1.43 bits per heavy atom. The van der Waals surface area contributed by atoms with Gasteiger partial charge in [-0.3, -0.25) is 4.79 Å². The number of nitrogens with zero attached hydrogens (tertiary/aromatic N) is 2. The van der Waals surface area contributed by atoms with Gasteiger partial charge in [0.05, 0.1) is 6.20 Å². The van der Waals surface area contributed by atoms with Crippen LogP contribution in [0.1, 0.15) is 38.0 Å². The van der Waals surface area contributed by atoms with E-state index in [-0.39, 0.29) is 18.8 Å². The summed E-state index contributed by atoms with van der Waals surface area (Å²) in [6.45, 7) is 2.46. The Morgan fingerprint density at radius 2 is 2.30 bits per heavy atom. The summed E-state index contributed by atoms with van der Waals surface area (Å²) in [5, 5.41) is 4.44. The normalized spacial score (nSPS) is 17.9. The highest BCUT2D eigenvalue weighted by Gasteiger charge is 2.17. The quantitative estimate of drug-likeness (QED) is 0.752. The van der Waals surface area contributed by atoms with Gasteiger partial charge in [-0.15, -0.1) is 0 Å². The van der Waals surface area contributed by atoms with Crippen molar-refractivity contribution in [1.29, 1.82) is 0 Å². The van der Waals surface area contributed by atoms with E-state index in [9.17, 15) is 4.79 Å². The van der Waals surface area contributed by atoms with Crippen molar-refractivity contribution >= 4 is 21.9 Å². The molecule has 5 nitrogen and oxygen atoms in total. The summed E-state index contributed by atoms with van der Waals surface area (Å²) in [4.78, 5) is 11.0. The summed E-state index contributed by atoms with van der Waals surface area (Å²) in [5.74, 6) is -0.287. The highest BCUT2D eigenvalue weighted by molar-refractivity contribution is 9.10. The van der Waals surface area contributed by atoms with Gasteiger partial charge in [-0.2, -0.15) is 5.10 Å². The molecule has 1 saturated heterocycles. The highest BCUT2D eigenvalue weighted by Crippen LogP contribution is 2.28. The second kappa shape index (κ2) is 7.27. The van der Waals surface area contributed by atoms with Gasteiger partial charge in [-0.05, 0) is 37.0 Å². The lowest BCUT2D eigenvalue weighted by Gasteiger charge is -2.22. The molecule has 6 heteroatoms. The summed E-state index contributed by atoms with van der Waals surface area (Å²) in [6, 6.07) is 5.99. The van der Waals surface area contributed by atoms with Crippen LogP contribution in [0.3, 0.4) is 0 Å². The van der Waals surface area contributed by atoms with E-state index in [1.54, 1.807) is 0 Å². The lowest BCUT2D eigenvalue weighted by Crippen LogP contribution is -2.18. The molecule has 0 aliphatic carbocycles. The van der Waals surface area contributed by atoms with Crippen LogP contribution < -0.4 is 0 Å². The van der Waals surface area contributed by atoms with Crippen LogP contribution in [0, 0.1) is 0 Å². The van der Waals surface area contributed by atoms with Crippen molar-refractivity contribution in [2.45, 2.75) is 39.0 Å². The molecule has 2 aromatic rings. The van der Waals surface area contributed by atoms with Crippen molar-refractivity contribution in [1.82, 2.24) is 9.78 Å². The first-order valence-electron chi connectivity index (χ1n) is 7.71. The number of halogens is 1. The zero-order valence-corrected chi connectivity index (χ0v) is 14.6. The van der Waals surface area contributed by atoms with Crippen molar-refractivity contribution in [3.63, 3.8) is 0 Å². The largest absolute Gasteiger partial charge is 0.461 e. The molecule has 0 amide bonds. The molecule has 3 rings (SSSR count). The second-order valence-corrected chi connectivity index (χ2v) is 6.47. The Morgan fingerprint density at radius 3 is 3.04 bits per heavy atom. The van der Waals surface area contributed by atoms with Crippen LogP contribution in [0.5, 0.6) is 0 Å². The number of benzene rings is 1. The Labute approximate surface area is 143 Å². The van der Waals surface area contributed by atoms with Crippen molar-refractivity contribution in [2.75, 3.05) is 6.61 Å². The molecule has 1 aromatic heterocycles. The minimum absolute atomic E-state index is 0.0356. The van der Waals surface area contributed by atoms with E-state index >= 15 is 0 Å². The van der Waals surface area contributed by atoms with Gasteiger partial charge in [-0.25, -0.2) is 4.68 Å². The summed E-state index contributed by atoms with van der Waals surface area (Å²) in [7, 11) is 0.